The Labute approximate surface area is 115 Å². The predicted molar refractivity (Wildman–Crippen MR) is 73.7 cm³/mol. The largest absolute Gasteiger partial charge is 0.420 e. The van der Waals surface area contributed by atoms with Crippen molar-refractivity contribution in [1.29, 1.82) is 0 Å². The van der Waals surface area contributed by atoms with Gasteiger partial charge in [-0.25, -0.2) is 4.79 Å². The summed E-state index contributed by atoms with van der Waals surface area (Å²) in [4.78, 5) is 35.0. The second kappa shape index (κ2) is 5.56. The molecule has 1 fully saturated rings. The number of amides is 2. The number of aromatic nitrogens is 1. The molecule has 6 nitrogen and oxygen atoms in total. The molecule has 0 spiro atoms. The highest BCUT2D eigenvalue weighted by Gasteiger charge is 2.31. The highest BCUT2D eigenvalue weighted by atomic mass is 16.4. The zero-order chi connectivity index (χ0) is 14.7. The Morgan fingerprint density at radius 2 is 2.05 bits per heavy atom. The van der Waals surface area contributed by atoms with Crippen molar-refractivity contribution in [3.8, 4) is 0 Å². The molecule has 1 aromatic heterocycles. The van der Waals surface area contributed by atoms with E-state index < -0.39 is 17.7 Å². The quantitative estimate of drug-likeness (QED) is 0.662. The van der Waals surface area contributed by atoms with Gasteiger partial charge in [-0.2, -0.15) is 0 Å². The van der Waals surface area contributed by atoms with Crippen molar-refractivity contribution in [2.24, 2.45) is 0 Å². The Morgan fingerprint density at radius 1 is 1.30 bits per heavy atom. The summed E-state index contributed by atoms with van der Waals surface area (Å²) in [5.41, 5.74) is 0.430. The monoisotopic (exact) mass is 274 g/mol. The fourth-order valence-electron chi connectivity index (χ4n) is 2.10. The molecular formula is C14H14N2O4. The molecule has 6 heteroatoms. The van der Waals surface area contributed by atoms with E-state index in [0.717, 1.165) is 0 Å². The number of imide groups is 1. The number of nitrogens with zero attached hydrogens (tertiary/aromatic N) is 1. The Bertz CT molecular complexity index is 663. The van der Waals surface area contributed by atoms with Crippen molar-refractivity contribution >= 4 is 24.0 Å². The van der Waals surface area contributed by atoms with Crippen molar-refractivity contribution in [1.82, 2.24) is 9.88 Å². The molecule has 0 aliphatic carbocycles. The lowest BCUT2D eigenvalue weighted by atomic mass is 10.1. The van der Waals surface area contributed by atoms with Crippen LogP contribution < -0.4 is 11.1 Å². The first-order valence-corrected chi connectivity index (χ1v) is 6.09. The minimum absolute atomic E-state index is 0.183. The molecule has 1 saturated heterocycles. The van der Waals surface area contributed by atoms with Gasteiger partial charge in [-0.15, -0.1) is 0 Å². The molecule has 0 bridgehead atoms. The van der Waals surface area contributed by atoms with Crippen LogP contribution in [0.1, 0.15) is 30.3 Å². The minimum Gasteiger partial charge on any atom is -0.408 e. The van der Waals surface area contributed by atoms with Crippen LogP contribution in [-0.2, 0) is 9.59 Å². The summed E-state index contributed by atoms with van der Waals surface area (Å²) in [6.45, 7) is 7.12. The van der Waals surface area contributed by atoms with E-state index in [0.29, 0.717) is 5.69 Å². The van der Waals surface area contributed by atoms with Gasteiger partial charge in [0.25, 0.3) is 0 Å². The number of allylic oxidation sites excluding steroid dienone is 2. The third-order valence-electron chi connectivity index (χ3n) is 3.00. The molecule has 1 aliphatic rings. The SMILES string of the molecule is C=C/C=C\c1c(C=C)oc(=O)n1C1CCC(=O)NC1=O. The molecule has 2 heterocycles. The number of piperidine rings is 1. The first-order chi connectivity index (χ1) is 9.58. The maximum Gasteiger partial charge on any atom is 0.420 e. The summed E-state index contributed by atoms with van der Waals surface area (Å²) in [5.74, 6) is -1.22. The Kier molecular flexibility index (Phi) is 3.84. The van der Waals surface area contributed by atoms with Crippen molar-refractivity contribution < 1.29 is 14.0 Å². The van der Waals surface area contributed by atoms with E-state index in [4.69, 9.17) is 4.42 Å². The Morgan fingerprint density at radius 3 is 2.65 bits per heavy atom. The van der Waals surface area contributed by atoms with Crippen LogP contribution in [0.5, 0.6) is 0 Å². The molecule has 20 heavy (non-hydrogen) atoms. The summed E-state index contributed by atoms with van der Waals surface area (Å²) in [5, 5.41) is 2.22. The van der Waals surface area contributed by atoms with Gasteiger partial charge in [0.05, 0.1) is 5.69 Å². The molecule has 2 amide bonds. The van der Waals surface area contributed by atoms with Gasteiger partial charge in [0, 0.05) is 6.42 Å². The first kappa shape index (κ1) is 13.8. The van der Waals surface area contributed by atoms with Gasteiger partial charge in [0.15, 0.2) is 5.76 Å². The highest BCUT2D eigenvalue weighted by Crippen LogP contribution is 2.22. The van der Waals surface area contributed by atoms with E-state index in [9.17, 15) is 14.4 Å². The third kappa shape index (κ3) is 2.40. The number of oxazole rings is 1. The van der Waals surface area contributed by atoms with E-state index in [1.807, 2.05) is 0 Å². The third-order valence-corrected chi connectivity index (χ3v) is 3.00. The standard InChI is InChI=1S/C14H14N2O4/c1-3-5-6-9-11(4-2)20-14(19)16(9)10-7-8-12(17)15-13(10)18/h3-6,10H,1-2,7-8H2,(H,15,17,18)/b6-5-. The van der Waals surface area contributed by atoms with Gasteiger partial charge >= 0.3 is 5.76 Å². The zero-order valence-electron chi connectivity index (χ0n) is 10.8. The van der Waals surface area contributed by atoms with Gasteiger partial charge in [0.1, 0.15) is 6.04 Å². The van der Waals surface area contributed by atoms with Crippen LogP contribution in [0, 0.1) is 0 Å². The molecular weight excluding hydrogens is 260 g/mol. The van der Waals surface area contributed by atoms with Crippen LogP contribution in [0.3, 0.4) is 0 Å². The smallest absolute Gasteiger partial charge is 0.408 e. The van der Waals surface area contributed by atoms with E-state index in [1.54, 1.807) is 18.2 Å². The number of hydrogen-bond donors (Lipinski definition) is 1. The zero-order valence-corrected chi connectivity index (χ0v) is 10.8. The lowest BCUT2D eigenvalue weighted by Crippen LogP contribution is -2.44. The lowest BCUT2D eigenvalue weighted by Gasteiger charge is -2.21. The topological polar surface area (TPSA) is 81.3 Å². The second-order valence-electron chi connectivity index (χ2n) is 4.25. The van der Waals surface area contributed by atoms with Crippen molar-refractivity contribution in [2.75, 3.05) is 0 Å². The lowest BCUT2D eigenvalue weighted by molar-refractivity contribution is -0.135. The van der Waals surface area contributed by atoms with E-state index in [-0.39, 0.29) is 24.5 Å². The maximum atomic E-state index is 11.9. The predicted octanol–water partition coefficient (Wildman–Crippen LogP) is 1.26. The number of carbonyl (C=O) groups is 2. The van der Waals surface area contributed by atoms with Gasteiger partial charge in [-0.05, 0) is 18.6 Å². The Hall–Kier alpha value is -2.63. The second-order valence-corrected chi connectivity index (χ2v) is 4.25. The van der Waals surface area contributed by atoms with Crippen LogP contribution in [0.25, 0.3) is 12.2 Å². The van der Waals surface area contributed by atoms with E-state index in [2.05, 4.69) is 18.5 Å². The Balaban J connectivity index is 2.52. The average molecular weight is 274 g/mol. The van der Waals surface area contributed by atoms with Crippen LogP contribution in [-0.4, -0.2) is 16.4 Å². The van der Waals surface area contributed by atoms with Crippen LogP contribution >= 0.6 is 0 Å². The van der Waals surface area contributed by atoms with Gasteiger partial charge < -0.3 is 4.42 Å². The van der Waals surface area contributed by atoms with E-state index >= 15 is 0 Å². The number of rotatable bonds is 4. The van der Waals surface area contributed by atoms with Crippen molar-refractivity contribution in [3.63, 3.8) is 0 Å². The van der Waals surface area contributed by atoms with Crippen molar-refractivity contribution in [2.45, 2.75) is 18.9 Å². The normalized spacial score (nSPS) is 19.1. The molecule has 0 saturated carbocycles. The molecule has 0 aromatic carbocycles. The molecule has 2 rings (SSSR count). The summed E-state index contributed by atoms with van der Waals surface area (Å²) in [6, 6.07) is -0.762. The number of hydrogen-bond acceptors (Lipinski definition) is 4. The van der Waals surface area contributed by atoms with Gasteiger partial charge in [-0.1, -0.05) is 25.3 Å². The molecule has 1 aliphatic heterocycles. The van der Waals surface area contributed by atoms with Gasteiger partial charge in [0.2, 0.25) is 11.8 Å². The molecule has 0 radical (unpaired) electrons. The highest BCUT2D eigenvalue weighted by molar-refractivity contribution is 5.99. The van der Waals surface area contributed by atoms with E-state index in [1.165, 1.54) is 10.6 Å². The maximum absolute atomic E-state index is 11.9. The fraction of sp³-hybridized carbons (Fsp3) is 0.214. The average Bonchev–Trinajstić information content (AvgIpc) is 2.73. The molecule has 1 unspecified atom stereocenters. The summed E-state index contributed by atoms with van der Waals surface area (Å²) >= 11 is 0. The minimum atomic E-state index is -0.762. The summed E-state index contributed by atoms with van der Waals surface area (Å²) in [6.07, 6.45) is 6.61. The molecule has 1 atom stereocenters. The number of carbonyl (C=O) groups excluding carboxylic acids is 2. The summed E-state index contributed by atoms with van der Waals surface area (Å²) in [7, 11) is 0. The molecule has 104 valence electrons. The first-order valence-electron chi connectivity index (χ1n) is 6.09. The van der Waals surface area contributed by atoms with Gasteiger partial charge in [-0.3, -0.25) is 19.5 Å². The molecule has 1 aromatic rings. The van der Waals surface area contributed by atoms with Crippen LogP contribution in [0.2, 0.25) is 0 Å². The summed E-state index contributed by atoms with van der Waals surface area (Å²) < 4.78 is 6.29. The van der Waals surface area contributed by atoms with Crippen LogP contribution in [0.15, 0.2) is 34.5 Å². The number of nitrogens with one attached hydrogen (secondary N) is 1. The fourth-order valence-corrected chi connectivity index (χ4v) is 2.10. The van der Waals surface area contributed by atoms with Crippen LogP contribution in [0.4, 0.5) is 0 Å². The molecule has 1 N–H and O–H groups in total. The van der Waals surface area contributed by atoms with Crippen molar-refractivity contribution in [3.05, 3.63) is 47.3 Å².